The zero-order chi connectivity index (χ0) is 13.5. The maximum Gasteiger partial charge on any atom is 0.150 e. The number of aromatic nitrogens is 1. The largest absolute Gasteiger partial charge is 0.397 e. The lowest BCUT2D eigenvalue weighted by Crippen LogP contribution is -1.85. The molecule has 3 aromatic rings. The van der Waals surface area contributed by atoms with Crippen molar-refractivity contribution in [3.8, 4) is 0 Å². The Morgan fingerprint density at radius 2 is 1.63 bits per heavy atom. The summed E-state index contributed by atoms with van der Waals surface area (Å²) in [5.74, 6) is 0. The van der Waals surface area contributed by atoms with Crippen LogP contribution in [0.3, 0.4) is 0 Å². The maximum absolute atomic E-state index is 10.0. The summed E-state index contributed by atoms with van der Waals surface area (Å²) in [6.45, 7) is 0. The first-order valence-electron chi connectivity index (χ1n) is 5.90. The molecule has 0 bridgehead atoms. The van der Waals surface area contributed by atoms with Crippen molar-refractivity contribution in [2.24, 2.45) is 0 Å². The quantitative estimate of drug-likeness (QED) is 0.674. The molecule has 0 saturated carbocycles. The zero-order valence-corrected chi connectivity index (χ0v) is 10.4. The topological polar surface area (TPSA) is 56.0 Å². The van der Waals surface area contributed by atoms with Crippen LogP contribution >= 0.6 is 0 Å². The van der Waals surface area contributed by atoms with Gasteiger partial charge in [-0.3, -0.25) is 9.78 Å². The molecule has 0 spiro atoms. The Balaban J connectivity index is 0.000000148. The number of rotatable bonds is 1. The number of carbonyl (C=O) groups excluding carboxylic acids is 1. The second-order valence-electron chi connectivity index (χ2n) is 3.99. The van der Waals surface area contributed by atoms with Gasteiger partial charge in [0.15, 0.2) is 0 Å². The van der Waals surface area contributed by atoms with Crippen molar-refractivity contribution in [3.63, 3.8) is 0 Å². The molecule has 0 saturated heterocycles. The van der Waals surface area contributed by atoms with Crippen LogP contribution in [0.2, 0.25) is 0 Å². The highest BCUT2D eigenvalue weighted by Gasteiger charge is 1.91. The molecular weight excluding hydrogens is 236 g/mol. The van der Waals surface area contributed by atoms with E-state index >= 15 is 0 Å². The molecule has 0 amide bonds. The summed E-state index contributed by atoms with van der Waals surface area (Å²) in [7, 11) is 0. The molecule has 0 aliphatic carbocycles. The number of nitrogen functional groups attached to an aromatic ring is 1. The monoisotopic (exact) mass is 250 g/mol. The summed E-state index contributed by atoms with van der Waals surface area (Å²) < 4.78 is 0. The molecule has 19 heavy (non-hydrogen) atoms. The molecular formula is C16H14N2O. The van der Waals surface area contributed by atoms with E-state index in [2.05, 4.69) is 4.98 Å². The highest BCUT2D eigenvalue weighted by atomic mass is 16.1. The Labute approximate surface area is 111 Å². The summed E-state index contributed by atoms with van der Waals surface area (Å²) in [5.41, 5.74) is 7.99. The van der Waals surface area contributed by atoms with Crippen LogP contribution in [0.5, 0.6) is 0 Å². The minimum absolute atomic E-state index is 0.712. The number of para-hydroxylation sites is 1. The minimum atomic E-state index is 0.712. The number of aldehydes is 1. The molecule has 3 heteroatoms. The van der Waals surface area contributed by atoms with Crippen molar-refractivity contribution in [2.45, 2.75) is 0 Å². The Morgan fingerprint density at radius 3 is 2.32 bits per heavy atom. The molecule has 2 N–H and O–H groups in total. The minimum Gasteiger partial charge on any atom is -0.397 e. The van der Waals surface area contributed by atoms with E-state index in [9.17, 15) is 4.79 Å². The number of fused-ring (bicyclic) bond motifs is 1. The van der Waals surface area contributed by atoms with Crippen molar-refractivity contribution < 1.29 is 4.79 Å². The van der Waals surface area contributed by atoms with Crippen molar-refractivity contribution >= 4 is 22.9 Å². The molecule has 0 atom stereocenters. The van der Waals surface area contributed by atoms with Crippen LogP contribution in [-0.4, -0.2) is 11.3 Å². The number of pyridine rings is 1. The standard InChI is InChI=1S/C9H8N2.C7H6O/c10-8-5-7-3-1-2-4-9(7)11-6-8;8-6-7-4-2-1-3-5-7/h1-6H,10H2;1-6H. The van der Waals surface area contributed by atoms with Gasteiger partial charge in [-0.15, -0.1) is 0 Å². The second kappa shape index (κ2) is 6.31. The van der Waals surface area contributed by atoms with Gasteiger partial charge in [-0.2, -0.15) is 0 Å². The van der Waals surface area contributed by atoms with Crippen LogP contribution in [0.4, 0.5) is 5.69 Å². The summed E-state index contributed by atoms with van der Waals surface area (Å²) >= 11 is 0. The third-order valence-electron chi connectivity index (χ3n) is 2.55. The molecule has 94 valence electrons. The number of hydrogen-bond acceptors (Lipinski definition) is 3. The van der Waals surface area contributed by atoms with Crippen LogP contribution in [0.25, 0.3) is 10.9 Å². The number of nitrogens with zero attached hydrogens (tertiary/aromatic N) is 1. The molecule has 0 fully saturated rings. The van der Waals surface area contributed by atoms with Gasteiger partial charge in [0, 0.05) is 10.9 Å². The summed E-state index contributed by atoms with van der Waals surface area (Å²) in [5, 5.41) is 1.09. The Kier molecular flexibility index (Phi) is 4.24. The number of hydrogen-bond donors (Lipinski definition) is 1. The van der Waals surface area contributed by atoms with Gasteiger partial charge in [0.05, 0.1) is 17.4 Å². The van der Waals surface area contributed by atoms with Crippen molar-refractivity contribution in [1.29, 1.82) is 0 Å². The van der Waals surface area contributed by atoms with Crippen LogP contribution in [0.15, 0.2) is 66.9 Å². The lowest BCUT2D eigenvalue weighted by atomic mass is 10.2. The molecule has 0 aliphatic heterocycles. The van der Waals surface area contributed by atoms with E-state index in [1.54, 1.807) is 18.3 Å². The van der Waals surface area contributed by atoms with Gasteiger partial charge in [-0.1, -0.05) is 48.5 Å². The van der Waals surface area contributed by atoms with Gasteiger partial charge >= 0.3 is 0 Å². The van der Waals surface area contributed by atoms with E-state index in [-0.39, 0.29) is 0 Å². The lowest BCUT2D eigenvalue weighted by Gasteiger charge is -1.95. The van der Waals surface area contributed by atoms with Crippen LogP contribution in [-0.2, 0) is 0 Å². The number of carbonyl (C=O) groups is 1. The van der Waals surface area contributed by atoms with Crippen molar-refractivity contribution in [2.75, 3.05) is 5.73 Å². The summed E-state index contributed by atoms with van der Waals surface area (Å²) in [6, 6.07) is 18.9. The van der Waals surface area contributed by atoms with Gasteiger partial charge in [0.1, 0.15) is 6.29 Å². The zero-order valence-electron chi connectivity index (χ0n) is 10.4. The summed E-state index contributed by atoms with van der Waals surface area (Å²) in [4.78, 5) is 14.2. The third kappa shape index (κ3) is 3.64. The molecule has 3 rings (SSSR count). The average molecular weight is 250 g/mol. The smallest absolute Gasteiger partial charge is 0.150 e. The van der Waals surface area contributed by atoms with E-state index in [4.69, 9.17) is 5.73 Å². The van der Waals surface area contributed by atoms with E-state index < -0.39 is 0 Å². The first kappa shape index (κ1) is 12.8. The van der Waals surface area contributed by atoms with Crippen LogP contribution < -0.4 is 5.73 Å². The van der Waals surface area contributed by atoms with Gasteiger partial charge in [-0.25, -0.2) is 0 Å². The molecule has 0 radical (unpaired) electrons. The molecule has 0 unspecified atom stereocenters. The molecule has 1 aromatic heterocycles. The first-order chi connectivity index (χ1) is 9.29. The highest BCUT2D eigenvalue weighted by molar-refractivity contribution is 5.80. The van der Waals surface area contributed by atoms with Gasteiger partial charge in [-0.05, 0) is 12.1 Å². The van der Waals surface area contributed by atoms with E-state index in [0.717, 1.165) is 22.8 Å². The predicted octanol–water partition coefficient (Wildman–Crippen LogP) is 3.32. The first-order valence-corrected chi connectivity index (χ1v) is 5.90. The van der Waals surface area contributed by atoms with Crippen molar-refractivity contribution in [3.05, 3.63) is 72.4 Å². The van der Waals surface area contributed by atoms with E-state index in [1.165, 1.54) is 0 Å². The van der Waals surface area contributed by atoms with E-state index in [0.29, 0.717) is 5.69 Å². The normalized spacial score (nSPS) is 9.47. The highest BCUT2D eigenvalue weighted by Crippen LogP contribution is 2.12. The predicted molar refractivity (Wildman–Crippen MR) is 78.0 cm³/mol. The van der Waals surface area contributed by atoms with Gasteiger partial charge in [0.25, 0.3) is 0 Å². The Hall–Kier alpha value is -2.68. The fourth-order valence-electron chi connectivity index (χ4n) is 1.62. The van der Waals surface area contributed by atoms with Gasteiger partial charge < -0.3 is 5.73 Å². The Morgan fingerprint density at radius 1 is 0.947 bits per heavy atom. The number of benzene rings is 2. The fraction of sp³-hybridized carbons (Fsp3) is 0. The number of anilines is 1. The lowest BCUT2D eigenvalue weighted by molar-refractivity contribution is 0.112. The molecule has 0 aliphatic rings. The van der Waals surface area contributed by atoms with E-state index in [1.807, 2.05) is 48.5 Å². The molecule has 3 nitrogen and oxygen atoms in total. The number of nitrogens with two attached hydrogens (primary N) is 1. The fourth-order valence-corrected chi connectivity index (χ4v) is 1.62. The average Bonchev–Trinajstić information content (AvgIpc) is 2.48. The second-order valence-corrected chi connectivity index (χ2v) is 3.99. The SMILES string of the molecule is Nc1cnc2ccccc2c1.O=Cc1ccccc1. The van der Waals surface area contributed by atoms with Gasteiger partial charge in [0.2, 0.25) is 0 Å². The maximum atomic E-state index is 10.0. The Bertz CT molecular complexity index is 666. The van der Waals surface area contributed by atoms with Crippen LogP contribution in [0, 0.1) is 0 Å². The molecule has 1 heterocycles. The molecule has 2 aromatic carbocycles. The summed E-state index contributed by atoms with van der Waals surface area (Å²) in [6.07, 6.45) is 2.50. The third-order valence-corrected chi connectivity index (χ3v) is 2.55. The van der Waals surface area contributed by atoms with Crippen molar-refractivity contribution in [1.82, 2.24) is 4.98 Å². The van der Waals surface area contributed by atoms with Crippen LogP contribution in [0.1, 0.15) is 10.4 Å².